The molecule has 2 fully saturated rings. The minimum Gasteiger partial charge on any atom is -0.391 e. The van der Waals surface area contributed by atoms with E-state index in [4.69, 9.17) is 0 Å². The molecule has 0 spiro atoms. The fourth-order valence-electron chi connectivity index (χ4n) is 3.31. The van der Waals surface area contributed by atoms with Crippen LogP contribution in [0.4, 0.5) is 0 Å². The number of hydrogen-bond donors (Lipinski definition) is 3. The maximum absolute atomic E-state index is 12.2. The third-order valence-corrected chi connectivity index (χ3v) is 4.31. The first-order valence-electron chi connectivity index (χ1n) is 7.66. The Bertz CT molecular complexity index is 298. The summed E-state index contributed by atoms with van der Waals surface area (Å²) in [5.74, 6) is 0.0890. The molecule has 0 bridgehead atoms. The molecule has 110 valence electrons. The molecule has 3 unspecified atom stereocenters. The molecule has 0 aromatic carbocycles. The number of carbonyl (C=O) groups excluding carboxylic acids is 1. The highest BCUT2D eigenvalue weighted by molar-refractivity contribution is 5.82. The summed E-state index contributed by atoms with van der Waals surface area (Å²) in [6.45, 7) is 5.05. The molecular weight excluding hydrogens is 242 g/mol. The lowest BCUT2D eigenvalue weighted by Crippen LogP contribution is -2.62. The number of nitrogens with zero attached hydrogens (tertiary/aromatic N) is 1. The van der Waals surface area contributed by atoms with Crippen LogP contribution in [0.5, 0.6) is 0 Å². The van der Waals surface area contributed by atoms with Crippen LogP contribution in [0.3, 0.4) is 0 Å². The van der Waals surface area contributed by atoms with Gasteiger partial charge >= 0.3 is 0 Å². The van der Waals surface area contributed by atoms with Crippen LogP contribution < -0.4 is 10.6 Å². The van der Waals surface area contributed by atoms with Crippen molar-refractivity contribution in [3.8, 4) is 0 Å². The molecule has 1 heterocycles. The minimum absolute atomic E-state index is 0.0890. The molecule has 1 saturated carbocycles. The standard InChI is InChI=1S/C14H27N3O2/c1-2-16-14(19)12-10-15-8-9-17(12)11-6-4-3-5-7-13(11)18/h11-13,15,18H,2-10H2,1H3,(H,16,19). The molecule has 1 aliphatic heterocycles. The molecule has 1 amide bonds. The van der Waals surface area contributed by atoms with Gasteiger partial charge in [0.05, 0.1) is 6.10 Å². The predicted molar refractivity (Wildman–Crippen MR) is 74.9 cm³/mol. The Morgan fingerprint density at radius 3 is 2.95 bits per heavy atom. The quantitative estimate of drug-likeness (QED) is 0.635. The molecule has 19 heavy (non-hydrogen) atoms. The molecule has 0 aromatic rings. The molecule has 0 radical (unpaired) electrons. The molecule has 3 atom stereocenters. The topological polar surface area (TPSA) is 64.6 Å². The van der Waals surface area contributed by atoms with E-state index in [1.165, 1.54) is 6.42 Å². The van der Waals surface area contributed by atoms with Gasteiger partial charge in [0.15, 0.2) is 0 Å². The van der Waals surface area contributed by atoms with E-state index in [0.717, 1.165) is 38.8 Å². The molecule has 1 saturated heterocycles. The molecule has 5 heteroatoms. The second-order valence-electron chi connectivity index (χ2n) is 5.63. The lowest BCUT2D eigenvalue weighted by atomic mass is 10.00. The first-order valence-corrected chi connectivity index (χ1v) is 7.66. The minimum atomic E-state index is -0.280. The maximum Gasteiger partial charge on any atom is 0.238 e. The van der Waals surface area contributed by atoms with Crippen LogP contribution in [0, 0.1) is 0 Å². The van der Waals surface area contributed by atoms with Gasteiger partial charge in [0.25, 0.3) is 0 Å². The van der Waals surface area contributed by atoms with E-state index in [2.05, 4.69) is 15.5 Å². The van der Waals surface area contributed by atoms with Gasteiger partial charge in [0.2, 0.25) is 5.91 Å². The van der Waals surface area contributed by atoms with Crippen molar-refractivity contribution in [2.45, 2.75) is 57.2 Å². The molecular formula is C14H27N3O2. The van der Waals surface area contributed by atoms with E-state index in [0.29, 0.717) is 13.1 Å². The van der Waals surface area contributed by atoms with E-state index < -0.39 is 0 Å². The Morgan fingerprint density at radius 2 is 2.16 bits per heavy atom. The summed E-state index contributed by atoms with van der Waals surface area (Å²) in [5, 5.41) is 16.5. The van der Waals surface area contributed by atoms with Crippen LogP contribution in [-0.4, -0.2) is 60.3 Å². The van der Waals surface area contributed by atoms with Gasteiger partial charge in [-0.1, -0.05) is 19.3 Å². The van der Waals surface area contributed by atoms with Crippen LogP contribution in [0.1, 0.15) is 39.0 Å². The SMILES string of the molecule is CCNC(=O)C1CNCCN1C1CCCCCC1O. The average Bonchev–Trinajstić information content (AvgIpc) is 2.64. The summed E-state index contributed by atoms with van der Waals surface area (Å²) >= 11 is 0. The number of likely N-dealkylation sites (N-methyl/N-ethyl adjacent to an activating group) is 1. The fraction of sp³-hybridized carbons (Fsp3) is 0.929. The van der Waals surface area contributed by atoms with E-state index in [-0.39, 0.29) is 24.1 Å². The van der Waals surface area contributed by atoms with E-state index in [9.17, 15) is 9.90 Å². The zero-order valence-corrected chi connectivity index (χ0v) is 11.9. The summed E-state index contributed by atoms with van der Waals surface area (Å²) in [5.41, 5.74) is 0. The maximum atomic E-state index is 12.2. The van der Waals surface area contributed by atoms with Crippen LogP contribution in [0.25, 0.3) is 0 Å². The number of piperazine rings is 1. The number of nitrogens with one attached hydrogen (secondary N) is 2. The lowest BCUT2D eigenvalue weighted by molar-refractivity contribution is -0.129. The number of carbonyl (C=O) groups is 1. The summed E-state index contributed by atoms with van der Waals surface area (Å²) in [6.07, 6.45) is 5.07. The number of hydrogen-bond acceptors (Lipinski definition) is 4. The van der Waals surface area contributed by atoms with E-state index in [1.807, 2.05) is 6.92 Å². The van der Waals surface area contributed by atoms with Crippen molar-refractivity contribution in [2.24, 2.45) is 0 Å². The molecule has 5 nitrogen and oxygen atoms in total. The Kier molecular flexibility index (Phi) is 5.60. The number of aliphatic hydroxyl groups is 1. The van der Waals surface area contributed by atoms with E-state index >= 15 is 0 Å². The smallest absolute Gasteiger partial charge is 0.238 e. The van der Waals surface area contributed by atoms with Crippen molar-refractivity contribution < 1.29 is 9.90 Å². The van der Waals surface area contributed by atoms with Gasteiger partial charge in [-0.25, -0.2) is 0 Å². The van der Waals surface area contributed by atoms with Crippen LogP contribution >= 0.6 is 0 Å². The van der Waals surface area contributed by atoms with Crippen molar-refractivity contribution in [3.05, 3.63) is 0 Å². The van der Waals surface area contributed by atoms with E-state index in [1.54, 1.807) is 0 Å². The van der Waals surface area contributed by atoms with Crippen molar-refractivity contribution in [1.29, 1.82) is 0 Å². The monoisotopic (exact) mass is 269 g/mol. The zero-order valence-electron chi connectivity index (χ0n) is 11.9. The Balaban J connectivity index is 2.06. The first kappa shape index (κ1) is 14.8. The zero-order chi connectivity index (χ0) is 13.7. The van der Waals surface area contributed by atoms with Gasteiger partial charge in [-0.2, -0.15) is 0 Å². The Morgan fingerprint density at radius 1 is 1.37 bits per heavy atom. The average molecular weight is 269 g/mol. The van der Waals surface area contributed by atoms with Crippen LogP contribution in [0.15, 0.2) is 0 Å². The number of amides is 1. The highest BCUT2D eigenvalue weighted by Crippen LogP contribution is 2.24. The second kappa shape index (κ2) is 7.22. The number of rotatable bonds is 3. The number of aliphatic hydroxyl groups excluding tert-OH is 1. The van der Waals surface area contributed by atoms with Gasteiger partial charge in [0, 0.05) is 32.2 Å². The first-order chi connectivity index (χ1) is 9.24. The molecule has 2 rings (SSSR count). The third kappa shape index (κ3) is 3.68. The normalized spacial score (nSPS) is 33.7. The van der Waals surface area contributed by atoms with Crippen molar-refractivity contribution in [1.82, 2.24) is 15.5 Å². The Labute approximate surface area is 115 Å². The van der Waals surface area contributed by atoms with Crippen molar-refractivity contribution >= 4 is 5.91 Å². The molecule has 3 N–H and O–H groups in total. The predicted octanol–water partition coefficient (Wildman–Crippen LogP) is 0.0899. The summed E-state index contributed by atoms with van der Waals surface area (Å²) in [6, 6.07) is 0.0173. The van der Waals surface area contributed by atoms with Gasteiger partial charge in [-0.3, -0.25) is 9.69 Å². The third-order valence-electron chi connectivity index (χ3n) is 4.31. The van der Waals surface area contributed by atoms with Crippen molar-refractivity contribution in [3.63, 3.8) is 0 Å². The second-order valence-corrected chi connectivity index (χ2v) is 5.63. The van der Waals surface area contributed by atoms with Crippen LogP contribution in [-0.2, 0) is 4.79 Å². The summed E-state index contributed by atoms with van der Waals surface area (Å²) < 4.78 is 0. The van der Waals surface area contributed by atoms with Gasteiger partial charge in [0.1, 0.15) is 6.04 Å². The molecule has 2 aliphatic rings. The van der Waals surface area contributed by atoms with Gasteiger partial charge < -0.3 is 15.7 Å². The highest BCUT2D eigenvalue weighted by atomic mass is 16.3. The van der Waals surface area contributed by atoms with Crippen molar-refractivity contribution in [2.75, 3.05) is 26.2 Å². The highest BCUT2D eigenvalue weighted by Gasteiger charge is 2.36. The summed E-state index contributed by atoms with van der Waals surface area (Å²) in [4.78, 5) is 14.4. The fourth-order valence-corrected chi connectivity index (χ4v) is 3.31. The lowest BCUT2D eigenvalue weighted by Gasteiger charge is -2.42. The van der Waals surface area contributed by atoms with Gasteiger partial charge in [-0.15, -0.1) is 0 Å². The Hall–Kier alpha value is -0.650. The largest absolute Gasteiger partial charge is 0.391 e. The van der Waals surface area contributed by atoms with Gasteiger partial charge in [-0.05, 0) is 19.8 Å². The molecule has 0 aromatic heterocycles. The molecule has 1 aliphatic carbocycles. The summed E-state index contributed by atoms with van der Waals surface area (Å²) in [7, 11) is 0. The van der Waals surface area contributed by atoms with Crippen LogP contribution in [0.2, 0.25) is 0 Å².